The van der Waals surface area contributed by atoms with Gasteiger partial charge in [-0.25, -0.2) is 14.4 Å². The normalized spacial score (nSPS) is 14.2. The molecule has 6 nitrogen and oxygen atoms in total. The lowest BCUT2D eigenvalue weighted by atomic mass is 10.2. The molecule has 0 bridgehead atoms. The van der Waals surface area contributed by atoms with E-state index in [4.69, 9.17) is 0 Å². The number of aromatic nitrogens is 2. The summed E-state index contributed by atoms with van der Waals surface area (Å²) in [6.45, 7) is 4.78. The number of hydrogen-bond donors (Lipinski definition) is 1. The lowest BCUT2D eigenvalue weighted by Crippen LogP contribution is -2.48. The predicted molar refractivity (Wildman–Crippen MR) is 109 cm³/mol. The number of carbonyl (C=O) groups excluding carboxylic acids is 1. The van der Waals surface area contributed by atoms with Crippen LogP contribution in [0, 0.1) is 12.7 Å². The molecule has 1 N–H and O–H groups in total. The molecule has 1 saturated heterocycles. The summed E-state index contributed by atoms with van der Waals surface area (Å²) in [5.41, 5.74) is 1.87. The molecule has 1 amide bonds. The Balaban J connectivity index is 1.41. The Morgan fingerprint density at radius 1 is 1.11 bits per heavy atom. The minimum atomic E-state index is -0.397. The van der Waals surface area contributed by atoms with Crippen LogP contribution in [0.15, 0.2) is 48.7 Å². The highest BCUT2D eigenvalue weighted by atomic mass is 32.1. The number of halogens is 1. The first kappa shape index (κ1) is 18.4. The number of aryl methyl sites for hydroxylation is 1. The van der Waals surface area contributed by atoms with Gasteiger partial charge in [0.2, 0.25) is 0 Å². The summed E-state index contributed by atoms with van der Waals surface area (Å²) in [4.78, 5) is 26.1. The van der Waals surface area contributed by atoms with Gasteiger partial charge >= 0.3 is 0 Å². The number of thiazole rings is 1. The lowest BCUT2D eigenvalue weighted by molar-refractivity contribution is 0.0750. The summed E-state index contributed by atoms with van der Waals surface area (Å²) in [5, 5.41) is 3.60. The monoisotopic (exact) mass is 397 g/mol. The molecule has 0 saturated carbocycles. The largest absolute Gasteiger partial charge is 0.368 e. The van der Waals surface area contributed by atoms with Crippen molar-refractivity contribution in [1.29, 1.82) is 0 Å². The molecule has 0 spiro atoms. The van der Waals surface area contributed by atoms with E-state index in [2.05, 4.69) is 32.3 Å². The molecule has 4 rings (SSSR count). The van der Waals surface area contributed by atoms with Gasteiger partial charge in [0.1, 0.15) is 16.5 Å². The number of para-hydroxylation sites is 1. The van der Waals surface area contributed by atoms with Crippen molar-refractivity contribution in [1.82, 2.24) is 14.9 Å². The fourth-order valence-corrected chi connectivity index (χ4v) is 4.10. The molecule has 8 heteroatoms. The zero-order valence-electron chi connectivity index (χ0n) is 15.4. The molecule has 1 aromatic carbocycles. The van der Waals surface area contributed by atoms with Crippen LogP contribution in [0.4, 0.5) is 21.0 Å². The Bertz CT molecular complexity index is 952. The van der Waals surface area contributed by atoms with Crippen LogP contribution in [-0.4, -0.2) is 47.0 Å². The third-order valence-electron chi connectivity index (χ3n) is 4.64. The highest BCUT2D eigenvalue weighted by molar-refractivity contribution is 7.17. The molecule has 0 aliphatic carbocycles. The summed E-state index contributed by atoms with van der Waals surface area (Å²) < 4.78 is 13.0. The van der Waals surface area contributed by atoms with Crippen LogP contribution in [-0.2, 0) is 0 Å². The van der Waals surface area contributed by atoms with Crippen molar-refractivity contribution in [2.75, 3.05) is 36.4 Å². The van der Waals surface area contributed by atoms with Crippen LogP contribution in [0.3, 0.4) is 0 Å². The summed E-state index contributed by atoms with van der Waals surface area (Å²) in [7, 11) is 0. The van der Waals surface area contributed by atoms with Crippen LogP contribution in [0.2, 0.25) is 0 Å². The van der Waals surface area contributed by atoms with Gasteiger partial charge in [-0.3, -0.25) is 4.79 Å². The van der Waals surface area contributed by atoms with Crippen LogP contribution in [0.5, 0.6) is 0 Å². The number of benzene rings is 1. The topological polar surface area (TPSA) is 61.4 Å². The molecule has 2 aromatic heterocycles. The standard InChI is InChI=1S/C20H20FN5OS/c1-14-18(28-20(23-14)24-17-8-7-15(21)13-22-17)19(27)26-11-9-25(10-12-26)16-5-3-2-4-6-16/h2-8,13H,9-12H2,1H3,(H,22,23,24). The second kappa shape index (κ2) is 7.93. The number of hydrogen-bond acceptors (Lipinski definition) is 6. The Morgan fingerprint density at radius 3 is 2.54 bits per heavy atom. The molecular weight excluding hydrogens is 377 g/mol. The van der Waals surface area contributed by atoms with E-state index in [0.29, 0.717) is 34.6 Å². The second-order valence-corrected chi connectivity index (χ2v) is 7.53. The van der Waals surface area contributed by atoms with Crippen molar-refractivity contribution in [3.63, 3.8) is 0 Å². The third-order valence-corrected chi connectivity index (χ3v) is 5.70. The fourth-order valence-electron chi connectivity index (χ4n) is 3.16. The van der Waals surface area contributed by atoms with E-state index < -0.39 is 5.82 Å². The van der Waals surface area contributed by atoms with Gasteiger partial charge < -0.3 is 15.1 Å². The highest BCUT2D eigenvalue weighted by Gasteiger charge is 2.25. The van der Waals surface area contributed by atoms with Gasteiger partial charge in [-0.2, -0.15) is 0 Å². The number of nitrogens with zero attached hydrogens (tertiary/aromatic N) is 4. The minimum Gasteiger partial charge on any atom is -0.368 e. The first-order chi connectivity index (χ1) is 13.6. The van der Waals surface area contributed by atoms with Crippen LogP contribution < -0.4 is 10.2 Å². The van der Waals surface area contributed by atoms with E-state index in [1.165, 1.54) is 29.2 Å². The predicted octanol–water partition coefficient (Wildman–Crippen LogP) is 3.69. The number of rotatable bonds is 4. The SMILES string of the molecule is Cc1nc(Nc2ccc(F)cn2)sc1C(=O)N1CCN(c2ccccc2)CC1. The van der Waals surface area contributed by atoms with E-state index in [9.17, 15) is 9.18 Å². The van der Waals surface area contributed by atoms with Crippen molar-refractivity contribution in [3.8, 4) is 0 Å². The molecule has 0 radical (unpaired) electrons. The number of nitrogens with one attached hydrogen (secondary N) is 1. The van der Waals surface area contributed by atoms with Gasteiger partial charge in [0.25, 0.3) is 5.91 Å². The second-order valence-electron chi connectivity index (χ2n) is 6.54. The van der Waals surface area contributed by atoms with Crippen molar-refractivity contribution >= 4 is 33.9 Å². The Morgan fingerprint density at radius 2 is 1.86 bits per heavy atom. The van der Waals surface area contributed by atoms with E-state index in [1.54, 1.807) is 0 Å². The zero-order chi connectivity index (χ0) is 19.5. The van der Waals surface area contributed by atoms with Gasteiger partial charge in [0.15, 0.2) is 5.13 Å². The molecular formula is C20H20FN5OS. The van der Waals surface area contributed by atoms with Crippen molar-refractivity contribution < 1.29 is 9.18 Å². The van der Waals surface area contributed by atoms with E-state index >= 15 is 0 Å². The highest BCUT2D eigenvalue weighted by Crippen LogP contribution is 2.27. The molecule has 3 aromatic rings. The summed E-state index contributed by atoms with van der Waals surface area (Å²) >= 11 is 1.30. The maximum absolute atomic E-state index is 13.0. The summed E-state index contributed by atoms with van der Waals surface area (Å²) in [6, 6.07) is 13.1. The molecule has 28 heavy (non-hydrogen) atoms. The minimum absolute atomic E-state index is 0.00262. The van der Waals surface area contributed by atoms with Crippen molar-refractivity contribution in [3.05, 3.63) is 65.0 Å². The van der Waals surface area contributed by atoms with Crippen LogP contribution >= 0.6 is 11.3 Å². The quantitative estimate of drug-likeness (QED) is 0.728. The Labute approximate surface area is 166 Å². The average molecular weight is 397 g/mol. The molecule has 1 fully saturated rings. The number of amides is 1. The van der Waals surface area contributed by atoms with Crippen LogP contribution in [0.1, 0.15) is 15.4 Å². The van der Waals surface area contributed by atoms with Gasteiger partial charge in [0, 0.05) is 31.9 Å². The number of anilines is 3. The van der Waals surface area contributed by atoms with Crippen molar-refractivity contribution in [2.45, 2.75) is 6.92 Å². The Kier molecular flexibility index (Phi) is 5.21. The van der Waals surface area contributed by atoms with E-state index in [-0.39, 0.29) is 5.91 Å². The Hall–Kier alpha value is -3.00. The average Bonchev–Trinajstić information content (AvgIpc) is 3.10. The van der Waals surface area contributed by atoms with E-state index in [0.717, 1.165) is 19.3 Å². The maximum atomic E-state index is 13.0. The number of piperazine rings is 1. The lowest BCUT2D eigenvalue weighted by Gasteiger charge is -2.36. The summed E-state index contributed by atoms with van der Waals surface area (Å²) in [5.74, 6) is 0.0971. The number of carbonyl (C=O) groups is 1. The molecule has 1 aliphatic rings. The maximum Gasteiger partial charge on any atom is 0.266 e. The first-order valence-corrected chi connectivity index (χ1v) is 9.87. The van der Waals surface area contributed by atoms with E-state index in [1.807, 2.05) is 30.0 Å². The van der Waals surface area contributed by atoms with Crippen molar-refractivity contribution in [2.24, 2.45) is 0 Å². The molecule has 0 unspecified atom stereocenters. The van der Waals surface area contributed by atoms with Gasteiger partial charge in [-0.15, -0.1) is 0 Å². The molecule has 144 valence electrons. The summed E-state index contributed by atoms with van der Waals surface area (Å²) in [6.07, 6.45) is 1.14. The van der Waals surface area contributed by atoms with Gasteiger partial charge in [-0.1, -0.05) is 29.5 Å². The molecule has 1 aliphatic heterocycles. The smallest absolute Gasteiger partial charge is 0.266 e. The third kappa shape index (κ3) is 3.96. The zero-order valence-corrected chi connectivity index (χ0v) is 16.2. The van der Waals surface area contributed by atoms with Gasteiger partial charge in [0.05, 0.1) is 11.9 Å². The number of pyridine rings is 1. The van der Waals surface area contributed by atoms with Gasteiger partial charge in [-0.05, 0) is 31.2 Å². The first-order valence-electron chi connectivity index (χ1n) is 9.05. The van der Waals surface area contributed by atoms with Crippen LogP contribution in [0.25, 0.3) is 0 Å². The fraction of sp³-hybridized carbons (Fsp3) is 0.250. The molecule has 0 atom stereocenters. The molecule has 3 heterocycles.